The summed E-state index contributed by atoms with van der Waals surface area (Å²) in [5, 5.41) is 6.98. The molecule has 0 amide bonds. The second kappa shape index (κ2) is 10.1. The van der Waals surface area contributed by atoms with E-state index >= 15 is 0 Å². The van der Waals surface area contributed by atoms with Gasteiger partial charge in [0.15, 0.2) is 5.96 Å². The highest BCUT2D eigenvalue weighted by Gasteiger charge is 2.20. The third-order valence-electron chi connectivity index (χ3n) is 5.78. The van der Waals surface area contributed by atoms with Gasteiger partial charge in [-0.2, -0.15) is 0 Å². The Hall–Kier alpha value is -2.32. The van der Waals surface area contributed by atoms with Crippen LogP contribution in [0.15, 0.2) is 40.8 Å². The van der Waals surface area contributed by atoms with Gasteiger partial charge in [0, 0.05) is 65.1 Å². The molecule has 0 radical (unpaired) electrons. The summed E-state index contributed by atoms with van der Waals surface area (Å²) in [6, 6.07) is 8.64. The molecule has 0 unspecified atom stereocenters. The minimum absolute atomic E-state index is 0.656. The van der Waals surface area contributed by atoms with E-state index in [0.717, 1.165) is 76.2 Å². The SMILES string of the molecule is CCNC(=NCc1ccc(N2CCN(C)CC2)nc1)N1CCN(c2cccs2)CC1. The van der Waals surface area contributed by atoms with Crippen molar-refractivity contribution in [3.63, 3.8) is 0 Å². The largest absolute Gasteiger partial charge is 0.360 e. The van der Waals surface area contributed by atoms with Gasteiger partial charge in [0.2, 0.25) is 0 Å². The minimum Gasteiger partial charge on any atom is -0.360 e. The van der Waals surface area contributed by atoms with Gasteiger partial charge < -0.3 is 24.9 Å². The fourth-order valence-corrected chi connectivity index (χ4v) is 4.70. The van der Waals surface area contributed by atoms with E-state index in [-0.39, 0.29) is 0 Å². The van der Waals surface area contributed by atoms with E-state index in [4.69, 9.17) is 9.98 Å². The Morgan fingerprint density at radius 2 is 1.80 bits per heavy atom. The van der Waals surface area contributed by atoms with E-state index < -0.39 is 0 Å². The lowest BCUT2D eigenvalue weighted by Gasteiger charge is -2.37. The van der Waals surface area contributed by atoms with Crippen molar-refractivity contribution in [3.8, 4) is 0 Å². The van der Waals surface area contributed by atoms with Crippen LogP contribution in [0.2, 0.25) is 0 Å². The van der Waals surface area contributed by atoms with Gasteiger partial charge in [0.05, 0.1) is 11.5 Å². The highest BCUT2D eigenvalue weighted by Crippen LogP contribution is 2.22. The molecule has 162 valence electrons. The summed E-state index contributed by atoms with van der Waals surface area (Å²) in [5.41, 5.74) is 1.15. The molecule has 0 aromatic carbocycles. The zero-order valence-corrected chi connectivity index (χ0v) is 18.9. The molecule has 1 N–H and O–H groups in total. The third kappa shape index (κ3) is 5.23. The van der Waals surface area contributed by atoms with Crippen LogP contribution in [0.4, 0.5) is 10.8 Å². The van der Waals surface area contributed by atoms with Crippen molar-refractivity contribution in [3.05, 3.63) is 41.4 Å². The topological polar surface area (TPSA) is 50.2 Å². The maximum atomic E-state index is 4.90. The number of guanidine groups is 1. The molecule has 0 spiro atoms. The zero-order chi connectivity index (χ0) is 20.8. The Morgan fingerprint density at radius 3 is 2.43 bits per heavy atom. The van der Waals surface area contributed by atoms with Gasteiger partial charge in [0.25, 0.3) is 0 Å². The van der Waals surface area contributed by atoms with Gasteiger partial charge in [0.1, 0.15) is 5.82 Å². The van der Waals surface area contributed by atoms with Crippen molar-refractivity contribution in [1.29, 1.82) is 0 Å². The number of hydrogen-bond acceptors (Lipinski definition) is 6. The van der Waals surface area contributed by atoms with E-state index in [1.807, 2.05) is 17.5 Å². The first-order chi connectivity index (χ1) is 14.7. The van der Waals surface area contributed by atoms with Crippen LogP contribution < -0.4 is 15.1 Å². The van der Waals surface area contributed by atoms with Crippen molar-refractivity contribution >= 4 is 28.1 Å². The number of rotatable bonds is 5. The molecule has 2 aliphatic rings. The average Bonchev–Trinajstić information content (AvgIpc) is 3.33. The van der Waals surface area contributed by atoms with Gasteiger partial charge in [-0.15, -0.1) is 11.3 Å². The first kappa shape index (κ1) is 20.9. The molecule has 8 heteroatoms. The number of hydrogen-bond donors (Lipinski definition) is 1. The molecule has 30 heavy (non-hydrogen) atoms. The Bertz CT molecular complexity index is 789. The van der Waals surface area contributed by atoms with Crippen molar-refractivity contribution < 1.29 is 0 Å². The highest BCUT2D eigenvalue weighted by atomic mass is 32.1. The van der Waals surface area contributed by atoms with Crippen LogP contribution in [-0.4, -0.2) is 86.7 Å². The fraction of sp³-hybridized carbons (Fsp3) is 0.545. The van der Waals surface area contributed by atoms with Gasteiger partial charge in [-0.25, -0.2) is 9.98 Å². The Morgan fingerprint density at radius 1 is 1.03 bits per heavy atom. The molecular formula is C22H33N7S. The summed E-state index contributed by atoms with van der Waals surface area (Å²) < 4.78 is 0. The molecule has 0 saturated carbocycles. The first-order valence-corrected chi connectivity index (χ1v) is 11.8. The van der Waals surface area contributed by atoms with Crippen LogP contribution >= 0.6 is 11.3 Å². The quantitative estimate of drug-likeness (QED) is 0.583. The Balaban J connectivity index is 1.33. The fourth-order valence-electron chi connectivity index (χ4n) is 3.91. The van der Waals surface area contributed by atoms with Crippen LogP contribution in [0.3, 0.4) is 0 Å². The van der Waals surface area contributed by atoms with Gasteiger partial charge in [-0.05, 0) is 43.1 Å². The molecule has 2 aromatic rings. The molecular weight excluding hydrogens is 394 g/mol. The van der Waals surface area contributed by atoms with Gasteiger partial charge in [-0.3, -0.25) is 0 Å². The van der Waals surface area contributed by atoms with Gasteiger partial charge >= 0.3 is 0 Å². The number of thiophene rings is 1. The highest BCUT2D eigenvalue weighted by molar-refractivity contribution is 7.14. The zero-order valence-electron chi connectivity index (χ0n) is 18.1. The van der Waals surface area contributed by atoms with Crippen molar-refractivity contribution in [2.45, 2.75) is 13.5 Å². The van der Waals surface area contributed by atoms with E-state index in [1.165, 1.54) is 5.00 Å². The lowest BCUT2D eigenvalue weighted by atomic mass is 10.2. The van der Waals surface area contributed by atoms with Gasteiger partial charge in [-0.1, -0.05) is 6.07 Å². The van der Waals surface area contributed by atoms with E-state index in [2.05, 4.69) is 68.5 Å². The maximum absolute atomic E-state index is 4.90. The second-order valence-corrected chi connectivity index (χ2v) is 8.84. The van der Waals surface area contributed by atoms with E-state index in [9.17, 15) is 0 Å². The predicted octanol–water partition coefficient (Wildman–Crippen LogP) is 2.18. The smallest absolute Gasteiger partial charge is 0.194 e. The van der Waals surface area contributed by atoms with E-state index in [1.54, 1.807) is 0 Å². The molecule has 0 bridgehead atoms. The number of aromatic nitrogens is 1. The summed E-state index contributed by atoms with van der Waals surface area (Å²) in [7, 11) is 2.18. The number of likely N-dealkylation sites (N-methyl/N-ethyl adjacent to an activating group) is 1. The van der Waals surface area contributed by atoms with Crippen molar-refractivity contribution in [1.82, 2.24) is 20.1 Å². The molecule has 2 aromatic heterocycles. The normalized spacial score (nSPS) is 18.7. The van der Waals surface area contributed by atoms with Crippen LogP contribution in [0.1, 0.15) is 12.5 Å². The molecule has 4 rings (SSSR count). The summed E-state index contributed by atoms with van der Waals surface area (Å²) in [6.45, 7) is 12.0. The third-order valence-corrected chi connectivity index (χ3v) is 6.71. The maximum Gasteiger partial charge on any atom is 0.194 e. The molecule has 2 aliphatic heterocycles. The van der Waals surface area contributed by atoms with Crippen LogP contribution in [0.25, 0.3) is 0 Å². The molecule has 0 aliphatic carbocycles. The summed E-state index contributed by atoms with van der Waals surface area (Å²) in [6.07, 6.45) is 1.98. The van der Waals surface area contributed by atoms with Crippen LogP contribution in [-0.2, 0) is 6.54 Å². The lowest BCUT2D eigenvalue weighted by Crippen LogP contribution is -2.52. The Kier molecular flexibility index (Phi) is 7.07. The number of piperazine rings is 2. The number of anilines is 2. The number of pyridine rings is 1. The number of aliphatic imine (C=N–C) groups is 1. The molecule has 7 nitrogen and oxygen atoms in total. The monoisotopic (exact) mass is 427 g/mol. The standard InChI is InChI=1S/C22H33N7S/c1-3-23-22(29-14-12-28(13-15-29)21-5-4-16-30-21)25-18-19-6-7-20(24-17-19)27-10-8-26(2)9-11-27/h4-7,16-17H,3,8-15,18H2,1-2H3,(H,23,25). The average molecular weight is 428 g/mol. The number of nitrogens with one attached hydrogen (secondary N) is 1. The van der Waals surface area contributed by atoms with E-state index in [0.29, 0.717) is 6.54 Å². The molecule has 2 fully saturated rings. The second-order valence-electron chi connectivity index (χ2n) is 7.91. The van der Waals surface area contributed by atoms with Crippen molar-refractivity contribution in [2.24, 2.45) is 4.99 Å². The summed E-state index contributed by atoms with van der Waals surface area (Å²) >= 11 is 1.82. The lowest BCUT2D eigenvalue weighted by molar-refractivity contribution is 0.312. The van der Waals surface area contributed by atoms with Crippen LogP contribution in [0, 0.1) is 0 Å². The predicted molar refractivity (Wildman–Crippen MR) is 127 cm³/mol. The first-order valence-electron chi connectivity index (χ1n) is 10.9. The summed E-state index contributed by atoms with van der Waals surface area (Å²) in [4.78, 5) is 19.2. The molecule has 2 saturated heterocycles. The molecule has 0 atom stereocenters. The number of nitrogens with zero attached hydrogens (tertiary/aromatic N) is 6. The van der Waals surface area contributed by atoms with Crippen molar-refractivity contribution in [2.75, 3.05) is 75.8 Å². The summed E-state index contributed by atoms with van der Waals surface area (Å²) in [5.74, 6) is 2.08. The minimum atomic E-state index is 0.656. The Labute approximate surface area is 184 Å². The molecule has 4 heterocycles. The van der Waals surface area contributed by atoms with Crippen LogP contribution in [0.5, 0.6) is 0 Å².